The van der Waals surface area contributed by atoms with Crippen LogP contribution in [-0.4, -0.2) is 33.0 Å². The molecule has 3 rings (SSSR count). The molecule has 3 aromatic rings. The van der Waals surface area contributed by atoms with E-state index >= 15 is 0 Å². The fourth-order valence-corrected chi connectivity index (χ4v) is 3.00. The molecule has 0 aliphatic heterocycles. The van der Waals surface area contributed by atoms with Crippen LogP contribution in [0.2, 0.25) is 0 Å². The highest BCUT2D eigenvalue weighted by atomic mass is 32.2. The molecule has 1 aromatic carbocycles. The summed E-state index contributed by atoms with van der Waals surface area (Å²) in [5.74, 6) is 0.707. The molecule has 0 aliphatic carbocycles. The van der Waals surface area contributed by atoms with Gasteiger partial charge in [0, 0.05) is 17.6 Å². The number of pyridine rings is 1. The van der Waals surface area contributed by atoms with Crippen LogP contribution >= 0.6 is 11.8 Å². The van der Waals surface area contributed by atoms with Gasteiger partial charge in [-0.05, 0) is 26.0 Å². The van der Waals surface area contributed by atoms with Crippen LogP contribution in [0.15, 0.2) is 47.1 Å². The summed E-state index contributed by atoms with van der Waals surface area (Å²) in [6.07, 6.45) is 1.69. The number of nitrogens with zero attached hydrogens (tertiary/aromatic N) is 2. The maximum Gasteiger partial charge on any atom is 0.238 e. The van der Waals surface area contributed by atoms with Crippen LogP contribution < -0.4 is 10.6 Å². The van der Waals surface area contributed by atoms with Crippen molar-refractivity contribution in [2.75, 3.05) is 16.4 Å². The Kier molecular flexibility index (Phi) is 5.52. The number of hydrogen-bond donors (Lipinski definition) is 2. The average molecular weight is 370 g/mol. The topological polar surface area (TPSA) is 97.1 Å². The molecular formula is C18H18N4O3S. The number of fused-ring (bicyclic) bond motifs is 1. The Bertz CT molecular complexity index is 936. The number of carbonyl (C=O) groups excluding carboxylic acids is 2. The molecule has 2 N–H and O–H groups in total. The number of thioether (sulfide) groups is 1. The van der Waals surface area contributed by atoms with E-state index in [9.17, 15) is 9.59 Å². The second-order valence-corrected chi connectivity index (χ2v) is 7.02. The van der Waals surface area contributed by atoms with Crippen molar-refractivity contribution in [2.24, 2.45) is 0 Å². The molecule has 2 heterocycles. The quantitative estimate of drug-likeness (QED) is 0.691. The zero-order chi connectivity index (χ0) is 18.5. The van der Waals surface area contributed by atoms with E-state index in [1.54, 1.807) is 32.2 Å². The lowest BCUT2D eigenvalue weighted by Gasteiger charge is -2.11. The molecule has 134 valence electrons. The van der Waals surface area contributed by atoms with Crippen molar-refractivity contribution in [3.63, 3.8) is 0 Å². The molecule has 0 saturated carbocycles. The van der Waals surface area contributed by atoms with Gasteiger partial charge in [0.05, 0.1) is 22.2 Å². The van der Waals surface area contributed by atoms with Gasteiger partial charge in [-0.3, -0.25) is 14.6 Å². The predicted molar refractivity (Wildman–Crippen MR) is 102 cm³/mol. The summed E-state index contributed by atoms with van der Waals surface area (Å²) in [7, 11) is 0. The second-order valence-electron chi connectivity index (χ2n) is 5.69. The second kappa shape index (κ2) is 8.01. The van der Waals surface area contributed by atoms with Gasteiger partial charge < -0.3 is 15.2 Å². The van der Waals surface area contributed by atoms with Gasteiger partial charge in [0.15, 0.2) is 5.82 Å². The molecule has 0 fully saturated rings. The monoisotopic (exact) mass is 370 g/mol. The SMILES string of the molecule is Cc1cc(NC(=O)[C@H](C)SCC(=O)Nc2cccc3cccnc23)no1. The molecule has 0 unspecified atom stereocenters. The molecule has 2 amide bonds. The largest absolute Gasteiger partial charge is 0.360 e. The molecule has 26 heavy (non-hydrogen) atoms. The van der Waals surface area contributed by atoms with Gasteiger partial charge in [-0.25, -0.2) is 0 Å². The summed E-state index contributed by atoms with van der Waals surface area (Å²) in [5.41, 5.74) is 1.39. The van der Waals surface area contributed by atoms with Crippen LogP contribution in [0.3, 0.4) is 0 Å². The van der Waals surface area contributed by atoms with Gasteiger partial charge >= 0.3 is 0 Å². The standard InChI is InChI=1S/C18H18N4O3S/c1-11-9-15(22-25-11)21-18(24)12(2)26-10-16(23)20-14-7-3-5-13-6-4-8-19-17(13)14/h3-9,12H,10H2,1-2H3,(H,20,23)(H,21,22,24)/t12-/m0/s1. The normalized spacial score (nSPS) is 11.9. The molecule has 0 spiro atoms. The zero-order valence-electron chi connectivity index (χ0n) is 14.4. The lowest BCUT2D eigenvalue weighted by Crippen LogP contribution is -2.25. The third-order valence-corrected chi connectivity index (χ3v) is 4.76. The number of aromatic nitrogens is 2. The third-order valence-electron chi connectivity index (χ3n) is 3.62. The Morgan fingerprint density at radius 3 is 2.81 bits per heavy atom. The van der Waals surface area contributed by atoms with Crippen LogP contribution in [0, 0.1) is 6.92 Å². The molecular weight excluding hydrogens is 352 g/mol. The fourth-order valence-electron chi connectivity index (χ4n) is 2.32. The maximum atomic E-state index is 12.2. The molecule has 7 nitrogen and oxygen atoms in total. The highest BCUT2D eigenvalue weighted by Crippen LogP contribution is 2.21. The highest BCUT2D eigenvalue weighted by molar-refractivity contribution is 8.01. The van der Waals surface area contributed by atoms with Crippen LogP contribution in [-0.2, 0) is 9.59 Å². The number of hydrogen-bond acceptors (Lipinski definition) is 6. The minimum Gasteiger partial charge on any atom is -0.360 e. The van der Waals surface area contributed by atoms with E-state index in [4.69, 9.17) is 4.52 Å². The average Bonchev–Trinajstić information content (AvgIpc) is 3.04. The summed E-state index contributed by atoms with van der Waals surface area (Å²) in [6.45, 7) is 3.48. The van der Waals surface area contributed by atoms with Crippen LogP contribution in [0.5, 0.6) is 0 Å². The van der Waals surface area contributed by atoms with E-state index in [2.05, 4.69) is 20.8 Å². The third kappa shape index (κ3) is 4.40. The van der Waals surface area contributed by atoms with E-state index in [-0.39, 0.29) is 17.6 Å². The van der Waals surface area contributed by atoms with Gasteiger partial charge in [0.25, 0.3) is 0 Å². The Morgan fingerprint density at radius 2 is 2.04 bits per heavy atom. The van der Waals surface area contributed by atoms with E-state index in [1.807, 2.05) is 24.3 Å². The fraction of sp³-hybridized carbons (Fsp3) is 0.222. The first-order valence-corrected chi connectivity index (χ1v) is 9.07. The Labute approximate surface area is 154 Å². The van der Waals surface area contributed by atoms with E-state index in [1.165, 1.54) is 11.8 Å². The minimum absolute atomic E-state index is 0.148. The molecule has 1 atom stereocenters. The number of para-hydroxylation sites is 1. The lowest BCUT2D eigenvalue weighted by molar-refractivity contribution is -0.115. The number of amides is 2. The van der Waals surface area contributed by atoms with Gasteiger partial charge in [-0.2, -0.15) is 0 Å². The van der Waals surface area contributed by atoms with E-state index in [0.717, 1.165) is 10.9 Å². The predicted octanol–water partition coefficient (Wildman–Crippen LogP) is 3.23. The first-order chi connectivity index (χ1) is 12.5. The molecule has 2 aromatic heterocycles. The Hall–Kier alpha value is -2.87. The first-order valence-electron chi connectivity index (χ1n) is 8.02. The number of anilines is 2. The lowest BCUT2D eigenvalue weighted by atomic mass is 10.2. The molecule has 0 saturated heterocycles. The van der Waals surface area contributed by atoms with Crippen molar-refractivity contribution >= 4 is 46.0 Å². The summed E-state index contributed by atoms with van der Waals surface area (Å²) >= 11 is 1.24. The van der Waals surface area contributed by atoms with Crippen LogP contribution in [0.1, 0.15) is 12.7 Å². The number of aryl methyl sites for hydroxylation is 1. The molecule has 8 heteroatoms. The number of benzene rings is 1. The van der Waals surface area contributed by atoms with Crippen molar-refractivity contribution in [2.45, 2.75) is 19.1 Å². The van der Waals surface area contributed by atoms with Crippen molar-refractivity contribution in [1.29, 1.82) is 0 Å². The van der Waals surface area contributed by atoms with Crippen molar-refractivity contribution < 1.29 is 14.1 Å². The number of carbonyl (C=O) groups is 2. The number of rotatable bonds is 6. The van der Waals surface area contributed by atoms with Gasteiger partial charge in [-0.15, -0.1) is 11.8 Å². The van der Waals surface area contributed by atoms with E-state index < -0.39 is 5.25 Å². The first kappa shape index (κ1) is 17.9. The summed E-state index contributed by atoms with van der Waals surface area (Å²) in [5, 5.41) is 9.76. The highest BCUT2D eigenvalue weighted by Gasteiger charge is 2.17. The smallest absolute Gasteiger partial charge is 0.238 e. The van der Waals surface area contributed by atoms with Crippen molar-refractivity contribution in [3.8, 4) is 0 Å². The van der Waals surface area contributed by atoms with Gasteiger partial charge in [0.1, 0.15) is 5.76 Å². The van der Waals surface area contributed by atoms with Crippen molar-refractivity contribution in [3.05, 3.63) is 48.4 Å². The summed E-state index contributed by atoms with van der Waals surface area (Å²) in [4.78, 5) is 28.6. The van der Waals surface area contributed by atoms with Crippen molar-refractivity contribution in [1.82, 2.24) is 10.1 Å². The molecule has 0 aliphatic rings. The summed E-state index contributed by atoms with van der Waals surface area (Å²) < 4.78 is 4.90. The van der Waals surface area contributed by atoms with Crippen LogP contribution in [0.25, 0.3) is 10.9 Å². The van der Waals surface area contributed by atoms with Crippen LogP contribution in [0.4, 0.5) is 11.5 Å². The molecule has 0 radical (unpaired) electrons. The maximum absolute atomic E-state index is 12.2. The Balaban J connectivity index is 1.54. The minimum atomic E-state index is -0.414. The zero-order valence-corrected chi connectivity index (χ0v) is 15.2. The Morgan fingerprint density at radius 1 is 1.23 bits per heavy atom. The van der Waals surface area contributed by atoms with Gasteiger partial charge in [-0.1, -0.05) is 23.4 Å². The molecule has 0 bridgehead atoms. The number of nitrogens with one attached hydrogen (secondary N) is 2. The summed E-state index contributed by atoms with van der Waals surface area (Å²) in [6, 6.07) is 11.0. The van der Waals surface area contributed by atoms with Gasteiger partial charge in [0.2, 0.25) is 11.8 Å². The van der Waals surface area contributed by atoms with E-state index in [0.29, 0.717) is 17.3 Å².